The monoisotopic (exact) mass is 389 g/mol. The quantitative estimate of drug-likeness (QED) is 0.664. The highest BCUT2D eigenvalue weighted by atomic mass is 79.9. The molecule has 3 aromatic rings. The fraction of sp³-hybridized carbons (Fsp3) is 0.0625. The minimum Gasteiger partial charge on any atom is -0.349 e. The van der Waals surface area contributed by atoms with Crippen LogP contribution in [0.2, 0.25) is 5.02 Å². The third kappa shape index (κ3) is 4.40. The van der Waals surface area contributed by atoms with Gasteiger partial charge in [0.05, 0.1) is 6.20 Å². The summed E-state index contributed by atoms with van der Waals surface area (Å²) in [6, 6.07) is 15.4. The molecule has 0 fully saturated rings. The van der Waals surface area contributed by atoms with Crippen LogP contribution in [0, 0.1) is 0 Å². The third-order valence-corrected chi connectivity index (χ3v) is 3.97. The average molecular weight is 391 g/mol. The average Bonchev–Trinajstić information content (AvgIpc) is 2.57. The lowest BCUT2D eigenvalue weighted by Gasteiger charge is -2.08. The molecule has 0 amide bonds. The topological polar surface area (TPSA) is 62.7 Å². The lowest BCUT2D eigenvalue weighted by molar-refractivity contribution is 0.949. The van der Waals surface area contributed by atoms with Crippen LogP contribution in [0.25, 0.3) is 0 Å². The van der Waals surface area contributed by atoms with Crippen molar-refractivity contribution < 1.29 is 0 Å². The first kappa shape index (κ1) is 15.7. The molecule has 5 nitrogen and oxygen atoms in total. The van der Waals surface area contributed by atoms with Crippen molar-refractivity contribution in [3.8, 4) is 0 Å². The van der Waals surface area contributed by atoms with E-state index in [0.717, 1.165) is 15.7 Å². The van der Waals surface area contributed by atoms with Crippen molar-refractivity contribution >= 4 is 45.0 Å². The van der Waals surface area contributed by atoms with Gasteiger partial charge in [-0.1, -0.05) is 45.7 Å². The molecule has 0 bridgehead atoms. The second-order valence-corrected chi connectivity index (χ2v) is 6.06. The molecule has 3 rings (SSSR count). The molecule has 0 aliphatic rings. The van der Waals surface area contributed by atoms with E-state index >= 15 is 0 Å². The zero-order valence-electron chi connectivity index (χ0n) is 12.0. The molecule has 0 saturated heterocycles. The highest BCUT2D eigenvalue weighted by Crippen LogP contribution is 2.19. The van der Waals surface area contributed by atoms with Gasteiger partial charge in [0.1, 0.15) is 0 Å². The van der Waals surface area contributed by atoms with Crippen LogP contribution < -0.4 is 10.6 Å². The first-order valence-corrected chi connectivity index (χ1v) is 8.07. The summed E-state index contributed by atoms with van der Waals surface area (Å²) in [7, 11) is 0. The maximum atomic E-state index is 6.13. The normalized spacial score (nSPS) is 10.3. The first-order chi connectivity index (χ1) is 11.2. The minimum absolute atomic E-state index is 0.437. The van der Waals surface area contributed by atoms with Gasteiger partial charge in [0.15, 0.2) is 5.82 Å². The number of anilines is 3. The van der Waals surface area contributed by atoms with Crippen molar-refractivity contribution in [3.05, 3.63) is 69.8 Å². The summed E-state index contributed by atoms with van der Waals surface area (Å²) in [5.41, 5.74) is 1.90. The zero-order chi connectivity index (χ0) is 16.1. The Morgan fingerprint density at radius 1 is 1.04 bits per heavy atom. The van der Waals surface area contributed by atoms with Gasteiger partial charge in [-0.15, -0.1) is 5.10 Å². The van der Waals surface area contributed by atoms with Gasteiger partial charge in [-0.3, -0.25) is 0 Å². The van der Waals surface area contributed by atoms with E-state index in [1.807, 2.05) is 48.5 Å². The van der Waals surface area contributed by atoms with Gasteiger partial charge >= 0.3 is 0 Å². The molecule has 23 heavy (non-hydrogen) atoms. The van der Waals surface area contributed by atoms with E-state index in [0.29, 0.717) is 23.3 Å². The molecule has 0 saturated carbocycles. The Balaban J connectivity index is 1.67. The van der Waals surface area contributed by atoms with Crippen molar-refractivity contribution in [1.82, 2.24) is 15.2 Å². The van der Waals surface area contributed by atoms with Crippen LogP contribution in [0.4, 0.5) is 17.5 Å². The summed E-state index contributed by atoms with van der Waals surface area (Å²) < 4.78 is 1.02. The number of rotatable bonds is 5. The number of aromatic nitrogens is 3. The summed E-state index contributed by atoms with van der Waals surface area (Å²) in [4.78, 5) is 4.38. The molecule has 0 unspecified atom stereocenters. The molecule has 116 valence electrons. The predicted octanol–water partition coefficient (Wildman–Crippen LogP) is 4.64. The predicted molar refractivity (Wildman–Crippen MR) is 96.0 cm³/mol. The second-order valence-electron chi connectivity index (χ2n) is 4.74. The molecule has 1 aromatic heterocycles. The SMILES string of the molecule is Clc1ccccc1CNc1nncc(Nc2ccc(Br)cc2)n1. The Morgan fingerprint density at radius 3 is 2.61 bits per heavy atom. The number of nitrogens with zero attached hydrogens (tertiary/aromatic N) is 3. The molecule has 0 aliphatic heterocycles. The van der Waals surface area contributed by atoms with Crippen LogP contribution in [-0.2, 0) is 6.54 Å². The molecule has 1 heterocycles. The van der Waals surface area contributed by atoms with Gasteiger partial charge in [-0.05, 0) is 35.9 Å². The van der Waals surface area contributed by atoms with Crippen LogP contribution in [0.15, 0.2) is 59.2 Å². The summed E-state index contributed by atoms with van der Waals surface area (Å²) in [5.74, 6) is 1.05. The lowest BCUT2D eigenvalue weighted by atomic mass is 10.2. The number of nitrogens with one attached hydrogen (secondary N) is 2. The van der Waals surface area contributed by atoms with E-state index in [4.69, 9.17) is 11.6 Å². The summed E-state index contributed by atoms with van der Waals surface area (Å²) in [5, 5.41) is 14.9. The summed E-state index contributed by atoms with van der Waals surface area (Å²) in [6.07, 6.45) is 1.57. The van der Waals surface area contributed by atoms with Gasteiger partial charge in [0, 0.05) is 21.7 Å². The Bertz CT molecular complexity index is 794. The summed E-state index contributed by atoms with van der Waals surface area (Å²) in [6.45, 7) is 0.531. The van der Waals surface area contributed by atoms with Gasteiger partial charge in [-0.2, -0.15) is 10.1 Å². The van der Waals surface area contributed by atoms with E-state index in [1.165, 1.54) is 0 Å². The van der Waals surface area contributed by atoms with Gasteiger partial charge in [0.25, 0.3) is 0 Å². The number of halogens is 2. The maximum Gasteiger partial charge on any atom is 0.244 e. The van der Waals surface area contributed by atoms with Crippen molar-refractivity contribution in [2.75, 3.05) is 10.6 Å². The zero-order valence-corrected chi connectivity index (χ0v) is 14.3. The Hall–Kier alpha value is -2.18. The van der Waals surface area contributed by atoms with Crippen molar-refractivity contribution in [2.24, 2.45) is 0 Å². The molecular weight excluding hydrogens is 378 g/mol. The second kappa shape index (κ2) is 7.39. The number of hydrogen-bond acceptors (Lipinski definition) is 5. The van der Waals surface area contributed by atoms with Crippen LogP contribution in [0.5, 0.6) is 0 Å². The van der Waals surface area contributed by atoms with Crippen molar-refractivity contribution in [3.63, 3.8) is 0 Å². The minimum atomic E-state index is 0.437. The van der Waals surface area contributed by atoms with E-state index in [2.05, 4.69) is 41.7 Å². The fourth-order valence-corrected chi connectivity index (χ4v) is 2.40. The molecule has 2 aromatic carbocycles. The van der Waals surface area contributed by atoms with E-state index in [9.17, 15) is 0 Å². The van der Waals surface area contributed by atoms with Gasteiger partial charge in [0.2, 0.25) is 5.95 Å². The standard InChI is InChI=1S/C16H13BrClN5/c17-12-5-7-13(8-6-12)21-15-10-20-23-16(22-15)19-9-11-3-1-2-4-14(11)18/h1-8,10H,9H2,(H2,19,21,22,23). The molecular formula is C16H13BrClN5. The van der Waals surface area contributed by atoms with E-state index in [1.54, 1.807) is 6.20 Å². The maximum absolute atomic E-state index is 6.13. The van der Waals surface area contributed by atoms with Crippen LogP contribution in [0.1, 0.15) is 5.56 Å². The largest absolute Gasteiger partial charge is 0.349 e. The van der Waals surface area contributed by atoms with E-state index in [-0.39, 0.29) is 0 Å². The highest BCUT2D eigenvalue weighted by Gasteiger charge is 2.03. The fourth-order valence-electron chi connectivity index (χ4n) is 1.94. The first-order valence-electron chi connectivity index (χ1n) is 6.90. The van der Waals surface area contributed by atoms with E-state index < -0.39 is 0 Å². The molecule has 0 aliphatic carbocycles. The number of hydrogen-bond donors (Lipinski definition) is 2. The molecule has 0 spiro atoms. The lowest BCUT2D eigenvalue weighted by Crippen LogP contribution is -2.06. The molecule has 7 heteroatoms. The smallest absolute Gasteiger partial charge is 0.244 e. The van der Waals surface area contributed by atoms with Gasteiger partial charge < -0.3 is 10.6 Å². The van der Waals surface area contributed by atoms with Gasteiger partial charge in [-0.25, -0.2) is 0 Å². The Morgan fingerprint density at radius 2 is 1.83 bits per heavy atom. The van der Waals surface area contributed by atoms with Crippen LogP contribution >= 0.6 is 27.5 Å². The summed E-state index contributed by atoms with van der Waals surface area (Å²) >= 11 is 9.53. The molecule has 0 radical (unpaired) electrons. The molecule has 2 N–H and O–H groups in total. The highest BCUT2D eigenvalue weighted by molar-refractivity contribution is 9.10. The number of benzene rings is 2. The van der Waals surface area contributed by atoms with Crippen molar-refractivity contribution in [1.29, 1.82) is 0 Å². The Kier molecular flexibility index (Phi) is 5.05. The Labute approximate surface area is 147 Å². The van der Waals surface area contributed by atoms with Crippen LogP contribution in [-0.4, -0.2) is 15.2 Å². The third-order valence-electron chi connectivity index (χ3n) is 3.07. The molecule has 0 atom stereocenters. The van der Waals surface area contributed by atoms with Crippen molar-refractivity contribution in [2.45, 2.75) is 6.54 Å². The van der Waals surface area contributed by atoms with Crippen LogP contribution in [0.3, 0.4) is 0 Å².